The average molecular weight is 577 g/mol. The lowest BCUT2D eigenvalue weighted by atomic mass is 9.98. The fraction of sp³-hybridized carbons (Fsp3) is 0.500. The fourth-order valence-corrected chi connectivity index (χ4v) is 4.32. The average Bonchev–Trinajstić information content (AvgIpc) is 3.33. The van der Waals surface area contributed by atoms with Crippen LogP contribution in [0.25, 0.3) is 10.9 Å². The summed E-state index contributed by atoms with van der Waals surface area (Å²) in [6.07, 6.45) is 3.07. The largest absolute Gasteiger partial charge is 0.480 e. The molecule has 220 valence electrons. The third-order valence-corrected chi connectivity index (χ3v) is 6.99. The van der Waals surface area contributed by atoms with E-state index in [1.807, 2.05) is 31.2 Å². The van der Waals surface area contributed by atoms with Crippen LogP contribution >= 0.6 is 12.6 Å². The second-order valence-corrected chi connectivity index (χ2v) is 10.00. The molecule has 2 aromatic rings. The smallest absolute Gasteiger partial charge is 0.326 e. The molecule has 14 heteroatoms. The topological polar surface area (TPSA) is 231 Å². The summed E-state index contributed by atoms with van der Waals surface area (Å²) in [7, 11) is 0. The van der Waals surface area contributed by atoms with Crippen molar-refractivity contribution in [1.82, 2.24) is 20.9 Å². The van der Waals surface area contributed by atoms with Crippen molar-refractivity contribution in [2.45, 2.75) is 63.7 Å². The van der Waals surface area contributed by atoms with E-state index in [0.29, 0.717) is 19.4 Å². The van der Waals surface area contributed by atoms with Gasteiger partial charge in [-0.25, -0.2) is 4.79 Å². The van der Waals surface area contributed by atoms with Crippen molar-refractivity contribution in [3.8, 4) is 0 Å². The Bertz CT molecular complexity index is 1200. The summed E-state index contributed by atoms with van der Waals surface area (Å²) in [5.41, 5.74) is 18.1. The number of aromatic nitrogens is 1. The first-order valence-corrected chi connectivity index (χ1v) is 13.7. The molecule has 0 aliphatic rings. The molecule has 0 saturated heterocycles. The third-order valence-electron chi connectivity index (χ3n) is 6.63. The van der Waals surface area contributed by atoms with Crippen LogP contribution in [0.3, 0.4) is 0 Å². The lowest BCUT2D eigenvalue weighted by Gasteiger charge is -2.26. The number of fused-ring (bicyclic) bond motifs is 1. The minimum atomic E-state index is -1.17. The summed E-state index contributed by atoms with van der Waals surface area (Å²) < 4.78 is 0. The molecule has 0 radical (unpaired) electrons. The van der Waals surface area contributed by atoms with Gasteiger partial charge in [0, 0.05) is 35.8 Å². The molecule has 3 amide bonds. The molecule has 2 rings (SSSR count). The number of rotatable bonds is 16. The molecule has 0 saturated carbocycles. The number of carbonyl (C=O) groups excluding carboxylic acids is 3. The van der Waals surface area contributed by atoms with Gasteiger partial charge in [-0.1, -0.05) is 38.5 Å². The number of aliphatic carboxylic acids is 1. The normalized spacial score (nSPS) is 14.8. The van der Waals surface area contributed by atoms with Gasteiger partial charge in [0.1, 0.15) is 18.1 Å². The molecule has 1 aromatic carbocycles. The van der Waals surface area contributed by atoms with Crippen molar-refractivity contribution in [3.05, 3.63) is 36.0 Å². The first-order chi connectivity index (χ1) is 19.0. The maximum Gasteiger partial charge on any atom is 0.326 e. The number of hydrogen-bond donors (Lipinski definition) is 9. The van der Waals surface area contributed by atoms with Crippen molar-refractivity contribution >= 4 is 53.2 Å². The molecule has 0 bridgehead atoms. The third kappa shape index (κ3) is 9.45. The zero-order valence-corrected chi connectivity index (χ0v) is 23.6. The van der Waals surface area contributed by atoms with E-state index in [4.69, 9.17) is 17.2 Å². The van der Waals surface area contributed by atoms with Gasteiger partial charge in [0.05, 0.1) is 6.04 Å². The maximum absolute atomic E-state index is 13.4. The van der Waals surface area contributed by atoms with Crippen LogP contribution in [-0.4, -0.2) is 76.2 Å². The minimum absolute atomic E-state index is 0.0603. The standard InChI is InChI=1S/C26H40N8O5S/c1-3-14(2)21(25(38)39)34-23(36)19(11-15-12-31-18-9-5-4-7-16(15)18)32-24(37)20(13-40)33-22(35)17(27)8-6-10-30-26(28)29/h4-5,7,9,12,14,17,19-21,31,40H,3,6,8,10-11,13,27H2,1-2H3,(H,32,37)(H,33,35)(H,34,36)(H,38,39)(H4,28,29,30). The zero-order valence-electron chi connectivity index (χ0n) is 22.7. The van der Waals surface area contributed by atoms with E-state index in [9.17, 15) is 24.3 Å². The number of nitrogens with two attached hydrogens (primary N) is 3. The summed E-state index contributed by atoms with van der Waals surface area (Å²) in [5, 5.41) is 18.3. The van der Waals surface area contributed by atoms with Crippen LogP contribution in [0.4, 0.5) is 0 Å². The molecule has 0 fully saturated rings. The molecule has 1 heterocycles. The van der Waals surface area contributed by atoms with Crippen molar-refractivity contribution in [2.24, 2.45) is 28.1 Å². The van der Waals surface area contributed by atoms with Crippen molar-refractivity contribution in [2.75, 3.05) is 12.3 Å². The first-order valence-electron chi connectivity index (χ1n) is 13.1. The van der Waals surface area contributed by atoms with E-state index in [0.717, 1.165) is 16.5 Å². The van der Waals surface area contributed by atoms with Crippen LogP contribution in [0, 0.1) is 5.92 Å². The number of nitrogens with one attached hydrogen (secondary N) is 4. The second kappa shape index (κ2) is 15.7. The van der Waals surface area contributed by atoms with E-state index in [1.165, 1.54) is 0 Å². The van der Waals surface area contributed by atoms with Gasteiger partial charge in [-0.2, -0.15) is 12.6 Å². The molecule has 13 nitrogen and oxygen atoms in total. The monoisotopic (exact) mass is 576 g/mol. The number of benzene rings is 1. The molecular formula is C26H40N8O5S. The number of thiol groups is 1. The Kier molecular flexibility index (Phi) is 12.7. The van der Waals surface area contributed by atoms with Gasteiger partial charge in [0.25, 0.3) is 0 Å². The molecule has 40 heavy (non-hydrogen) atoms. The Morgan fingerprint density at radius 1 is 1.05 bits per heavy atom. The fourth-order valence-electron chi connectivity index (χ4n) is 4.06. The molecule has 5 unspecified atom stereocenters. The highest BCUT2D eigenvalue weighted by atomic mass is 32.1. The van der Waals surface area contributed by atoms with E-state index < -0.39 is 47.9 Å². The van der Waals surface area contributed by atoms with Gasteiger partial charge in [-0.3, -0.25) is 19.4 Å². The van der Waals surface area contributed by atoms with E-state index in [-0.39, 0.29) is 30.5 Å². The number of carbonyl (C=O) groups is 4. The number of aromatic amines is 1. The quantitative estimate of drug-likeness (QED) is 0.0551. The number of hydrogen-bond acceptors (Lipinski definition) is 7. The summed E-state index contributed by atoms with van der Waals surface area (Å²) in [5.74, 6) is -3.53. The number of H-pyrrole nitrogens is 1. The minimum Gasteiger partial charge on any atom is -0.480 e. The van der Waals surface area contributed by atoms with Gasteiger partial charge < -0.3 is 43.2 Å². The Hall–Kier alpha value is -3.78. The highest BCUT2D eigenvalue weighted by molar-refractivity contribution is 7.80. The highest BCUT2D eigenvalue weighted by Gasteiger charge is 2.32. The SMILES string of the molecule is CCC(C)C(NC(=O)C(Cc1c[nH]c2ccccc12)NC(=O)C(CS)NC(=O)C(N)CCCN=C(N)N)C(=O)O. The Morgan fingerprint density at radius 2 is 1.70 bits per heavy atom. The summed E-state index contributed by atoms with van der Waals surface area (Å²) >= 11 is 4.19. The Balaban J connectivity index is 2.19. The van der Waals surface area contributed by atoms with E-state index in [1.54, 1.807) is 13.1 Å². The van der Waals surface area contributed by atoms with Crippen molar-refractivity contribution in [1.29, 1.82) is 0 Å². The van der Waals surface area contributed by atoms with Crippen LogP contribution in [0.15, 0.2) is 35.5 Å². The molecule has 0 aliphatic carbocycles. The van der Waals surface area contributed by atoms with Gasteiger partial charge >= 0.3 is 5.97 Å². The summed E-state index contributed by atoms with van der Waals surface area (Å²) in [4.78, 5) is 58.0. The number of guanidine groups is 1. The van der Waals surface area contributed by atoms with Crippen molar-refractivity contribution in [3.63, 3.8) is 0 Å². The molecule has 11 N–H and O–H groups in total. The van der Waals surface area contributed by atoms with Gasteiger partial charge in [0.2, 0.25) is 17.7 Å². The molecule has 0 spiro atoms. The first kappa shape index (κ1) is 32.4. The van der Waals surface area contributed by atoms with Crippen LogP contribution < -0.4 is 33.2 Å². The Morgan fingerprint density at radius 3 is 2.33 bits per heavy atom. The van der Waals surface area contributed by atoms with Gasteiger partial charge in [-0.05, 0) is 30.4 Å². The summed E-state index contributed by atoms with van der Waals surface area (Å²) in [6, 6.07) is 3.19. The number of aliphatic imine (C=N–C) groups is 1. The van der Waals surface area contributed by atoms with Crippen LogP contribution in [0.5, 0.6) is 0 Å². The zero-order chi connectivity index (χ0) is 29.8. The number of para-hydroxylation sites is 1. The predicted molar refractivity (Wildman–Crippen MR) is 157 cm³/mol. The number of carboxylic acid groups (broad SMARTS) is 1. The lowest BCUT2D eigenvalue weighted by Crippen LogP contribution is -2.58. The van der Waals surface area contributed by atoms with Crippen LogP contribution in [0.1, 0.15) is 38.7 Å². The summed E-state index contributed by atoms with van der Waals surface area (Å²) in [6.45, 7) is 3.85. The van der Waals surface area contributed by atoms with Gasteiger partial charge in [0.15, 0.2) is 5.96 Å². The molecular weight excluding hydrogens is 536 g/mol. The maximum atomic E-state index is 13.4. The Labute approximate surface area is 238 Å². The van der Waals surface area contributed by atoms with Crippen molar-refractivity contribution < 1.29 is 24.3 Å². The molecule has 0 aliphatic heterocycles. The molecule has 1 aromatic heterocycles. The van der Waals surface area contributed by atoms with Gasteiger partial charge in [-0.15, -0.1) is 0 Å². The highest BCUT2D eigenvalue weighted by Crippen LogP contribution is 2.19. The lowest BCUT2D eigenvalue weighted by molar-refractivity contribution is -0.143. The van der Waals surface area contributed by atoms with Crippen LogP contribution in [0.2, 0.25) is 0 Å². The number of amides is 3. The number of carboxylic acids is 1. The number of nitrogens with zero attached hydrogens (tertiary/aromatic N) is 1. The van der Waals surface area contributed by atoms with Crippen LogP contribution in [-0.2, 0) is 25.6 Å². The second-order valence-electron chi connectivity index (χ2n) is 9.63. The van der Waals surface area contributed by atoms with E-state index in [2.05, 4.69) is 38.6 Å². The van der Waals surface area contributed by atoms with E-state index >= 15 is 0 Å². The predicted octanol–water partition coefficient (Wildman–Crippen LogP) is -0.394. The molecule has 5 atom stereocenters.